The summed E-state index contributed by atoms with van der Waals surface area (Å²) in [4.78, 5) is 10.8. The van der Waals surface area contributed by atoms with Crippen LogP contribution in [-0.4, -0.2) is 13.1 Å². The van der Waals surface area contributed by atoms with Gasteiger partial charge < -0.3 is 4.74 Å². The van der Waals surface area contributed by atoms with E-state index in [1.807, 2.05) is 6.08 Å². The summed E-state index contributed by atoms with van der Waals surface area (Å²) in [6, 6.07) is 0. The molecule has 0 aliphatic carbocycles. The van der Waals surface area contributed by atoms with Gasteiger partial charge in [0.15, 0.2) is 0 Å². The van der Waals surface area contributed by atoms with E-state index in [1.165, 1.54) is 45.6 Å². The number of unbranched alkanes of at least 4 members (excludes halogenated alkanes) is 8. The molecule has 0 saturated carbocycles. The number of hydrogen-bond donors (Lipinski definition) is 0. The number of rotatable bonds is 11. The molecule has 0 atom stereocenters. The molecule has 0 bridgehead atoms. The second kappa shape index (κ2) is 13.1. The Hall–Kier alpha value is -1.01. The fourth-order valence-corrected chi connectivity index (χ4v) is 1.78. The first-order valence-corrected chi connectivity index (χ1v) is 6.72. The van der Waals surface area contributed by atoms with Gasteiger partial charge in [-0.2, -0.15) is 0 Å². The Kier molecular flexibility index (Phi) is 12.3. The minimum absolute atomic E-state index is 0.0831. The maximum atomic E-state index is 10.8. The van der Waals surface area contributed by atoms with Crippen LogP contribution in [0.1, 0.15) is 64.2 Å². The summed E-state index contributed by atoms with van der Waals surface area (Å²) in [5.41, 5.74) is 2.79. The third kappa shape index (κ3) is 12.9. The van der Waals surface area contributed by atoms with Gasteiger partial charge in [0.2, 0.25) is 0 Å². The Morgan fingerprint density at radius 2 is 1.59 bits per heavy atom. The van der Waals surface area contributed by atoms with Crippen molar-refractivity contribution in [3.63, 3.8) is 0 Å². The van der Waals surface area contributed by atoms with Crippen LogP contribution in [0.3, 0.4) is 0 Å². The molecule has 0 aromatic carbocycles. The van der Waals surface area contributed by atoms with Crippen LogP contribution in [0.5, 0.6) is 0 Å². The van der Waals surface area contributed by atoms with E-state index in [4.69, 9.17) is 0 Å². The van der Waals surface area contributed by atoms with Gasteiger partial charge in [-0.3, -0.25) is 4.79 Å². The standard InChI is InChI=1S/C15H26O2/c1-3-4-5-6-7-8-9-10-11-12-13-14-15(16)17-2/h4H,1,5-14H2,2H3. The van der Waals surface area contributed by atoms with Crippen LogP contribution in [0, 0.1) is 0 Å². The first-order valence-electron chi connectivity index (χ1n) is 6.72. The topological polar surface area (TPSA) is 26.3 Å². The van der Waals surface area contributed by atoms with Crippen LogP contribution < -0.4 is 0 Å². The highest BCUT2D eigenvalue weighted by Gasteiger charge is 1.98. The first kappa shape index (κ1) is 16.0. The van der Waals surface area contributed by atoms with E-state index in [0.717, 1.165) is 19.3 Å². The second-order valence-corrected chi connectivity index (χ2v) is 4.35. The largest absolute Gasteiger partial charge is 0.469 e. The van der Waals surface area contributed by atoms with Crippen molar-refractivity contribution < 1.29 is 9.53 Å². The van der Waals surface area contributed by atoms with E-state index in [0.29, 0.717) is 6.42 Å². The number of hydrogen-bond acceptors (Lipinski definition) is 2. The van der Waals surface area contributed by atoms with E-state index in [9.17, 15) is 4.79 Å². The van der Waals surface area contributed by atoms with E-state index in [-0.39, 0.29) is 5.97 Å². The SMILES string of the molecule is C=C=CCCCCCCCCCCC(=O)OC. The van der Waals surface area contributed by atoms with E-state index < -0.39 is 0 Å². The van der Waals surface area contributed by atoms with Crippen LogP contribution in [-0.2, 0) is 9.53 Å². The van der Waals surface area contributed by atoms with Crippen LogP contribution in [0.2, 0.25) is 0 Å². The maximum absolute atomic E-state index is 10.8. The van der Waals surface area contributed by atoms with Gasteiger partial charge in [-0.25, -0.2) is 0 Å². The first-order chi connectivity index (χ1) is 8.31. The fourth-order valence-electron chi connectivity index (χ4n) is 1.78. The molecular formula is C15H26O2. The quantitative estimate of drug-likeness (QED) is 0.303. The predicted molar refractivity (Wildman–Crippen MR) is 71.9 cm³/mol. The smallest absolute Gasteiger partial charge is 0.305 e. The Morgan fingerprint density at radius 3 is 2.12 bits per heavy atom. The van der Waals surface area contributed by atoms with Gasteiger partial charge in [0.05, 0.1) is 7.11 Å². The summed E-state index contributed by atoms with van der Waals surface area (Å²) in [5.74, 6) is -0.0831. The van der Waals surface area contributed by atoms with Gasteiger partial charge in [0.1, 0.15) is 0 Å². The van der Waals surface area contributed by atoms with E-state index >= 15 is 0 Å². The van der Waals surface area contributed by atoms with Gasteiger partial charge in [-0.05, 0) is 25.3 Å². The van der Waals surface area contributed by atoms with Gasteiger partial charge in [0.25, 0.3) is 0 Å². The van der Waals surface area contributed by atoms with Crippen molar-refractivity contribution in [2.75, 3.05) is 7.11 Å². The zero-order valence-corrected chi connectivity index (χ0v) is 11.2. The normalized spacial score (nSPS) is 9.71. The van der Waals surface area contributed by atoms with Crippen molar-refractivity contribution in [1.29, 1.82) is 0 Å². The average molecular weight is 238 g/mol. The highest BCUT2D eigenvalue weighted by Crippen LogP contribution is 2.10. The van der Waals surface area contributed by atoms with Crippen LogP contribution in [0.25, 0.3) is 0 Å². The molecule has 0 saturated heterocycles. The third-order valence-electron chi connectivity index (χ3n) is 2.85. The van der Waals surface area contributed by atoms with E-state index in [2.05, 4.69) is 17.0 Å². The van der Waals surface area contributed by atoms with Crippen molar-refractivity contribution in [2.45, 2.75) is 64.2 Å². The fraction of sp³-hybridized carbons (Fsp3) is 0.733. The Bertz CT molecular complexity index is 227. The van der Waals surface area contributed by atoms with Gasteiger partial charge in [0, 0.05) is 6.42 Å². The zero-order valence-electron chi connectivity index (χ0n) is 11.2. The Labute approximate surface area is 106 Å². The molecule has 0 radical (unpaired) electrons. The highest BCUT2D eigenvalue weighted by molar-refractivity contribution is 5.68. The van der Waals surface area contributed by atoms with Gasteiger partial charge in [-0.15, -0.1) is 5.73 Å². The van der Waals surface area contributed by atoms with Crippen molar-refractivity contribution >= 4 is 5.97 Å². The molecular weight excluding hydrogens is 212 g/mol. The summed E-state index contributed by atoms with van der Waals surface area (Å²) in [6.07, 6.45) is 13.5. The number of allylic oxidation sites excluding steroid dienone is 1. The molecule has 2 nitrogen and oxygen atoms in total. The van der Waals surface area contributed by atoms with Crippen LogP contribution in [0.4, 0.5) is 0 Å². The summed E-state index contributed by atoms with van der Waals surface area (Å²) in [6.45, 7) is 3.54. The van der Waals surface area contributed by atoms with Gasteiger partial charge >= 0.3 is 5.97 Å². The minimum Gasteiger partial charge on any atom is -0.469 e. The predicted octanol–water partition coefficient (Wildman–Crippen LogP) is 4.40. The van der Waals surface area contributed by atoms with Crippen LogP contribution in [0.15, 0.2) is 18.4 Å². The molecule has 98 valence electrons. The Balaban J connectivity index is 3.03. The lowest BCUT2D eigenvalue weighted by atomic mass is 10.1. The molecule has 0 spiro atoms. The zero-order chi connectivity index (χ0) is 12.8. The summed E-state index contributed by atoms with van der Waals surface area (Å²) >= 11 is 0. The molecule has 0 fully saturated rings. The summed E-state index contributed by atoms with van der Waals surface area (Å²) in [7, 11) is 1.45. The maximum Gasteiger partial charge on any atom is 0.305 e. The molecule has 0 unspecified atom stereocenters. The molecule has 0 aromatic rings. The second-order valence-electron chi connectivity index (χ2n) is 4.35. The molecule has 0 amide bonds. The van der Waals surface area contributed by atoms with Gasteiger partial charge in [-0.1, -0.05) is 45.1 Å². The van der Waals surface area contributed by atoms with Crippen molar-refractivity contribution in [3.8, 4) is 0 Å². The minimum atomic E-state index is -0.0831. The molecule has 0 aromatic heterocycles. The third-order valence-corrected chi connectivity index (χ3v) is 2.85. The molecule has 17 heavy (non-hydrogen) atoms. The van der Waals surface area contributed by atoms with Crippen molar-refractivity contribution in [1.82, 2.24) is 0 Å². The molecule has 0 N–H and O–H groups in total. The summed E-state index contributed by atoms with van der Waals surface area (Å²) < 4.78 is 4.59. The van der Waals surface area contributed by atoms with Crippen molar-refractivity contribution in [3.05, 3.63) is 18.4 Å². The molecule has 0 aliphatic heterocycles. The molecule has 2 heteroatoms. The highest BCUT2D eigenvalue weighted by atomic mass is 16.5. The number of carbonyl (C=O) groups is 1. The Morgan fingerprint density at radius 1 is 1.06 bits per heavy atom. The number of esters is 1. The number of methoxy groups -OCH3 is 1. The molecule has 0 heterocycles. The van der Waals surface area contributed by atoms with E-state index in [1.54, 1.807) is 0 Å². The lowest BCUT2D eigenvalue weighted by Gasteiger charge is -2.01. The molecule has 0 rings (SSSR count). The van der Waals surface area contributed by atoms with Crippen molar-refractivity contribution in [2.24, 2.45) is 0 Å². The molecule has 0 aliphatic rings. The summed E-state index contributed by atoms with van der Waals surface area (Å²) in [5, 5.41) is 0. The lowest BCUT2D eigenvalue weighted by molar-refractivity contribution is -0.140. The van der Waals surface area contributed by atoms with Crippen LogP contribution >= 0.6 is 0 Å². The lowest BCUT2D eigenvalue weighted by Crippen LogP contribution is -1.99. The number of ether oxygens (including phenoxy) is 1. The monoisotopic (exact) mass is 238 g/mol. The number of carbonyl (C=O) groups excluding carboxylic acids is 1. The average Bonchev–Trinajstić information content (AvgIpc) is 2.35.